The lowest BCUT2D eigenvalue weighted by Gasteiger charge is -2.06. The average molecular weight is 259 g/mol. The van der Waals surface area contributed by atoms with Crippen LogP contribution >= 0.6 is 0 Å². The fraction of sp³-hybridized carbons (Fsp3) is 0.167. The zero-order chi connectivity index (χ0) is 13.8. The minimum Gasteiger partial charge on any atom is -0.384 e. The fourth-order valence-electron chi connectivity index (χ4n) is 1.53. The number of aromatic amines is 1. The number of pyridine rings is 1. The van der Waals surface area contributed by atoms with E-state index in [-0.39, 0.29) is 17.3 Å². The van der Waals surface area contributed by atoms with Gasteiger partial charge in [-0.1, -0.05) is 6.92 Å². The van der Waals surface area contributed by atoms with Crippen LogP contribution in [0.1, 0.15) is 23.0 Å². The molecule has 2 rings (SSSR count). The first-order chi connectivity index (χ1) is 9.08. The van der Waals surface area contributed by atoms with Crippen LogP contribution in [0.4, 0.5) is 11.6 Å². The number of H-pyrrole nitrogens is 1. The molecule has 0 saturated carbocycles. The van der Waals surface area contributed by atoms with Crippen LogP contribution in [0.5, 0.6) is 0 Å². The molecule has 0 unspecified atom stereocenters. The number of aryl methyl sites for hydroxylation is 1. The van der Waals surface area contributed by atoms with Crippen LogP contribution in [0.3, 0.4) is 0 Å². The van der Waals surface area contributed by atoms with Crippen molar-refractivity contribution >= 4 is 17.5 Å². The predicted molar refractivity (Wildman–Crippen MR) is 70.8 cm³/mol. The molecule has 0 aliphatic heterocycles. The van der Waals surface area contributed by atoms with Crippen molar-refractivity contribution in [1.29, 1.82) is 0 Å². The maximum absolute atomic E-state index is 12.0. The summed E-state index contributed by atoms with van der Waals surface area (Å²) in [4.78, 5) is 26.9. The normalized spacial score (nSPS) is 10.2. The summed E-state index contributed by atoms with van der Waals surface area (Å²) in [5.74, 6) is 0.195. The fourth-order valence-corrected chi connectivity index (χ4v) is 1.53. The van der Waals surface area contributed by atoms with Gasteiger partial charge in [0.25, 0.3) is 11.5 Å². The van der Waals surface area contributed by atoms with Crippen LogP contribution in [0, 0.1) is 0 Å². The lowest BCUT2D eigenvalue weighted by molar-refractivity contribution is 0.102. The van der Waals surface area contributed by atoms with E-state index in [0.717, 1.165) is 5.69 Å². The van der Waals surface area contributed by atoms with Crippen molar-refractivity contribution in [2.24, 2.45) is 0 Å². The van der Waals surface area contributed by atoms with E-state index in [0.29, 0.717) is 17.8 Å². The monoisotopic (exact) mass is 259 g/mol. The molecule has 0 saturated heterocycles. The van der Waals surface area contributed by atoms with Crippen LogP contribution in [0.25, 0.3) is 0 Å². The molecule has 7 heteroatoms. The van der Waals surface area contributed by atoms with Crippen molar-refractivity contribution < 1.29 is 4.79 Å². The Morgan fingerprint density at radius 1 is 1.42 bits per heavy atom. The summed E-state index contributed by atoms with van der Waals surface area (Å²) in [6.07, 6.45) is 0.683. The number of nitrogens with one attached hydrogen (secondary N) is 2. The molecule has 0 atom stereocenters. The van der Waals surface area contributed by atoms with Crippen LogP contribution in [-0.2, 0) is 6.42 Å². The summed E-state index contributed by atoms with van der Waals surface area (Å²) < 4.78 is 0. The van der Waals surface area contributed by atoms with Crippen molar-refractivity contribution in [2.75, 3.05) is 11.1 Å². The van der Waals surface area contributed by atoms with Gasteiger partial charge < -0.3 is 11.1 Å². The molecule has 0 aliphatic rings. The number of hydrogen-bond donors (Lipinski definition) is 3. The average Bonchev–Trinajstić information content (AvgIpc) is 2.40. The highest BCUT2D eigenvalue weighted by Crippen LogP contribution is 2.10. The molecule has 7 nitrogen and oxygen atoms in total. The van der Waals surface area contributed by atoms with Crippen LogP contribution in [-0.4, -0.2) is 21.1 Å². The van der Waals surface area contributed by atoms with Gasteiger partial charge >= 0.3 is 0 Å². The summed E-state index contributed by atoms with van der Waals surface area (Å²) in [7, 11) is 0. The minimum atomic E-state index is -0.358. The standard InChI is InChI=1S/C12H13N5O2/c1-2-8-5-7(6-9(13)14-8)12(19)15-10-3-4-11(18)17-16-10/h3-6H,2H2,1H3,(H2,13,14)(H,17,18)(H,15,16,19). The number of nitrogen functional groups attached to an aromatic ring is 1. The van der Waals surface area contributed by atoms with Crippen LogP contribution < -0.4 is 16.6 Å². The van der Waals surface area contributed by atoms with E-state index in [9.17, 15) is 9.59 Å². The number of rotatable bonds is 3. The van der Waals surface area contributed by atoms with E-state index in [2.05, 4.69) is 20.5 Å². The lowest BCUT2D eigenvalue weighted by Crippen LogP contribution is -2.16. The van der Waals surface area contributed by atoms with Crippen molar-refractivity contribution in [2.45, 2.75) is 13.3 Å². The first kappa shape index (κ1) is 12.7. The third-order valence-corrected chi connectivity index (χ3v) is 2.44. The third kappa shape index (κ3) is 3.15. The summed E-state index contributed by atoms with van der Waals surface area (Å²) in [5, 5.41) is 8.49. The molecular formula is C12H13N5O2. The number of nitrogens with zero attached hydrogens (tertiary/aromatic N) is 2. The first-order valence-electron chi connectivity index (χ1n) is 5.72. The Bertz CT molecular complexity index is 645. The van der Waals surface area contributed by atoms with E-state index in [1.54, 1.807) is 6.07 Å². The molecule has 2 heterocycles. The molecule has 98 valence electrons. The van der Waals surface area contributed by atoms with Gasteiger partial charge in [-0.3, -0.25) is 9.59 Å². The summed E-state index contributed by atoms with van der Waals surface area (Å²) in [5.41, 5.74) is 6.43. The Kier molecular flexibility index (Phi) is 3.56. The largest absolute Gasteiger partial charge is 0.384 e. The van der Waals surface area contributed by atoms with Gasteiger partial charge in [0.2, 0.25) is 0 Å². The molecule has 2 aromatic rings. The van der Waals surface area contributed by atoms with E-state index in [1.165, 1.54) is 18.2 Å². The highest BCUT2D eigenvalue weighted by atomic mass is 16.2. The second-order valence-electron chi connectivity index (χ2n) is 3.89. The predicted octanol–water partition coefficient (Wildman–Crippen LogP) is 0.562. The second-order valence-corrected chi connectivity index (χ2v) is 3.89. The molecule has 0 aliphatic carbocycles. The Balaban J connectivity index is 2.22. The molecule has 0 bridgehead atoms. The first-order valence-corrected chi connectivity index (χ1v) is 5.72. The summed E-state index contributed by atoms with van der Waals surface area (Å²) in [6, 6.07) is 5.85. The molecule has 2 aromatic heterocycles. The number of amides is 1. The molecule has 0 spiro atoms. The highest BCUT2D eigenvalue weighted by Gasteiger charge is 2.09. The van der Waals surface area contributed by atoms with Crippen molar-refractivity contribution in [1.82, 2.24) is 15.2 Å². The maximum atomic E-state index is 12.0. The number of hydrogen-bond acceptors (Lipinski definition) is 5. The number of carbonyl (C=O) groups excluding carboxylic acids is 1. The molecule has 1 amide bonds. The SMILES string of the molecule is CCc1cc(C(=O)Nc2ccc(=O)[nH]n2)cc(N)n1. The smallest absolute Gasteiger partial charge is 0.264 e. The van der Waals surface area contributed by atoms with Crippen molar-refractivity contribution in [3.63, 3.8) is 0 Å². The second kappa shape index (κ2) is 5.30. The number of carbonyl (C=O) groups is 1. The van der Waals surface area contributed by atoms with E-state index in [1.807, 2.05) is 6.92 Å². The van der Waals surface area contributed by atoms with Crippen molar-refractivity contribution in [3.05, 3.63) is 45.9 Å². The molecule has 0 fully saturated rings. The molecular weight excluding hydrogens is 246 g/mol. The Morgan fingerprint density at radius 2 is 2.21 bits per heavy atom. The van der Waals surface area contributed by atoms with Gasteiger partial charge in [0.15, 0.2) is 5.82 Å². The Morgan fingerprint density at radius 3 is 2.84 bits per heavy atom. The van der Waals surface area contributed by atoms with Crippen LogP contribution in [0.15, 0.2) is 29.1 Å². The molecule has 0 aromatic carbocycles. The molecule has 4 N–H and O–H groups in total. The van der Waals surface area contributed by atoms with Gasteiger partial charge in [-0.05, 0) is 24.6 Å². The van der Waals surface area contributed by atoms with Gasteiger partial charge in [0.05, 0.1) is 0 Å². The molecule has 19 heavy (non-hydrogen) atoms. The lowest BCUT2D eigenvalue weighted by atomic mass is 10.2. The number of anilines is 2. The summed E-state index contributed by atoms with van der Waals surface area (Å²) in [6.45, 7) is 1.92. The zero-order valence-electron chi connectivity index (χ0n) is 10.3. The van der Waals surface area contributed by atoms with Gasteiger partial charge in [0.1, 0.15) is 5.82 Å². The minimum absolute atomic E-state index is 0.262. The summed E-state index contributed by atoms with van der Waals surface area (Å²) >= 11 is 0. The van der Waals surface area contributed by atoms with Gasteiger partial charge in [-0.25, -0.2) is 10.1 Å². The highest BCUT2D eigenvalue weighted by molar-refractivity contribution is 6.04. The Hall–Kier alpha value is -2.70. The zero-order valence-corrected chi connectivity index (χ0v) is 10.3. The van der Waals surface area contributed by atoms with Gasteiger partial charge in [-0.15, -0.1) is 0 Å². The number of aromatic nitrogens is 3. The maximum Gasteiger partial charge on any atom is 0.264 e. The van der Waals surface area contributed by atoms with Gasteiger partial charge in [-0.2, -0.15) is 5.10 Å². The van der Waals surface area contributed by atoms with Crippen LogP contribution in [0.2, 0.25) is 0 Å². The third-order valence-electron chi connectivity index (χ3n) is 2.44. The van der Waals surface area contributed by atoms with Crippen molar-refractivity contribution in [3.8, 4) is 0 Å². The Labute approximate surface area is 108 Å². The quantitative estimate of drug-likeness (QED) is 0.745. The topological polar surface area (TPSA) is 114 Å². The van der Waals surface area contributed by atoms with E-state index in [4.69, 9.17) is 5.73 Å². The number of nitrogens with two attached hydrogens (primary N) is 1. The van der Waals surface area contributed by atoms with Gasteiger partial charge in [0, 0.05) is 17.3 Å². The van der Waals surface area contributed by atoms with E-state index >= 15 is 0 Å². The molecule has 0 radical (unpaired) electrons. The van der Waals surface area contributed by atoms with E-state index < -0.39 is 0 Å².